The van der Waals surface area contributed by atoms with Gasteiger partial charge in [0.05, 0.1) is 17.7 Å². The molecule has 0 aromatic carbocycles. The molecule has 22 heavy (non-hydrogen) atoms. The van der Waals surface area contributed by atoms with Gasteiger partial charge in [-0.3, -0.25) is 9.59 Å². The van der Waals surface area contributed by atoms with Gasteiger partial charge in [0.25, 0.3) is 5.91 Å². The van der Waals surface area contributed by atoms with Crippen molar-refractivity contribution in [3.63, 3.8) is 0 Å². The Kier molecular flexibility index (Phi) is 5.47. The molecule has 0 aliphatic carbocycles. The van der Waals surface area contributed by atoms with Crippen LogP contribution < -0.4 is 10.6 Å². The van der Waals surface area contributed by atoms with Gasteiger partial charge in [0.15, 0.2) is 0 Å². The van der Waals surface area contributed by atoms with E-state index in [0.29, 0.717) is 11.3 Å². The zero-order valence-corrected chi connectivity index (χ0v) is 13.4. The first kappa shape index (κ1) is 16.8. The topological polar surface area (TPSA) is 74.6 Å². The highest BCUT2D eigenvalue weighted by Crippen LogP contribution is 2.16. The highest BCUT2D eigenvalue weighted by Gasteiger charge is 2.32. The van der Waals surface area contributed by atoms with E-state index in [0.717, 1.165) is 39.0 Å². The maximum Gasteiger partial charge on any atom is 0.255 e. The fourth-order valence-corrected chi connectivity index (χ4v) is 2.85. The largest absolute Gasteiger partial charge is 0.469 e. The minimum absolute atomic E-state index is 0. The molecule has 0 unspecified atom stereocenters. The van der Waals surface area contributed by atoms with Gasteiger partial charge < -0.3 is 20.0 Å². The van der Waals surface area contributed by atoms with E-state index in [1.54, 1.807) is 13.0 Å². The van der Waals surface area contributed by atoms with Gasteiger partial charge in [-0.15, -0.1) is 12.4 Å². The molecule has 2 aliphatic rings. The molecule has 0 bridgehead atoms. The number of aryl methyl sites for hydroxylation is 1. The van der Waals surface area contributed by atoms with Crippen molar-refractivity contribution in [3.05, 3.63) is 23.7 Å². The molecule has 0 spiro atoms. The SMILES string of the molecule is Cc1occc1C(=O)NC1CCN(C(=O)C2CNC2)CC1.Cl. The van der Waals surface area contributed by atoms with Crippen LogP contribution in [0, 0.1) is 12.8 Å². The van der Waals surface area contributed by atoms with Crippen LogP contribution in [0.15, 0.2) is 16.7 Å². The van der Waals surface area contributed by atoms with E-state index in [9.17, 15) is 9.59 Å². The smallest absolute Gasteiger partial charge is 0.255 e. The molecule has 0 saturated carbocycles. The fourth-order valence-electron chi connectivity index (χ4n) is 2.85. The lowest BCUT2D eigenvalue weighted by Crippen LogP contribution is -2.55. The Hall–Kier alpha value is -1.53. The van der Waals surface area contributed by atoms with Gasteiger partial charge in [0.1, 0.15) is 5.76 Å². The molecule has 0 radical (unpaired) electrons. The fraction of sp³-hybridized carbons (Fsp3) is 0.600. The van der Waals surface area contributed by atoms with E-state index in [1.165, 1.54) is 6.26 Å². The van der Waals surface area contributed by atoms with Crippen molar-refractivity contribution in [1.29, 1.82) is 0 Å². The first-order chi connectivity index (χ1) is 10.1. The lowest BCUT2D eigenvalue weighted by Gasteiger charge is -2.37. The second-order valence-electron chi connectivity index (χ2n) is 5.82. The van der Waals surface area contributed by atoms with Crippen LogP contribution in [0.5, 0.6) is 0 Å². The average molecular weight is 328 g/mol. The zero-order chi connectivity index (χ0) is 14.8. The summed E-state index contributed by atoms with van der Waals surface area (Å²) in [6, 6.07) is 1.82. The van der Waals surface area contributed by atoms with Crippen molar-refractivity contribution in [2.75, 3.05) is 26.2 Å². The van der Waals surface area contributed by atoms with Crippen molar-refractivity contribution in [1.82, 2.24) is 15.5 Å². The summed E-state index contributed by atoms with van der Waals surface area (Å²) in [6.07, 6.45) is 3.15. The highest BCUT2D eigenvalue weighted by molar-refractivity contribution is 5.95. The van der Waals surface area contributed by atoms with E-state index in [1.807, 2.05) is 4.90 Å². The summed E-state index contributed by atoms with van der Waals surface area (Å²) in [5.74, 6) is 0.959. The quantitative estimate of drug-likeness (QED) is 0.867. The average Bonchev–Trinajstić information content (AvgIpc) is 2.84. The Morgan fingerprint density at radius 2 is 2.00 bits per heavy atom. The third-order valence-electron chi connectivity index (χ3n) is 4.38. The number of furan rings is 1. The molecule has 2 fully saturated rings. The molecule has 0 atom stereocenters. The van der Waals surface area contributed by atoms with Crippen molar-refractivity contribution >= 4 is 24.2 Å². The number of piperidine rings is 1. The molecule has 1 aromatic heterocycles. The number of nitrogens with zero attached hydrogens (tertiary/aromatic N) is 1. The number of rotatable bonds is 3. The number of hydrogen-bond acceptors (Lipinski definition) is 4. The summed E-state index contributed by atoms with van der Waals surface area (Å²) >= 11 is 0. The summed E-state index contributed by atoms with van der Waals surface area (Å²) in [4.78, 5) is 26.2. The molecule has 2 amide bonds. The first-order valence-electron chi connectivity index (χ1n) is 7.49. The number of carbonyl (C=O) groups is 2. The number of nitrogens with one attached hydrogen (secondary N) is 2. The van der Waals surface area contributed by atoms with Crippen LogP contribution in [0.2, 0.25) is 0 Å². The monoisotopic (exact) mass is 327 g/mol. The number of carbonyl (C=O) groups excluding carboxylic acids is 2. The van der Waals surface area contributed by atoms with E-state index in [2.05, 4.69) is 10.6 Å². The van der Waals surface area contributed by atoms with Crippen molar-refractivity contribution in [3.8, 4) is 0 Å². The number of halogens is 1. The molecule has 2 aliphatic heterocycles. The standard InChI is InChI=1S/C15H21N3O3.ClH/c1-10-13(4-7-21-10)14(19)17-12-2-5-18(6-3-12)15(20)11-8-16-9-11;/h4,7,11-12,16H,2-3,5-6,8-9H2,1H3,(H,17,19);1H. The summed E-state index contributed by atoms with van der Waals surface area (Å²) in [5.41, 5.74) is 0.592. The molecular weight excluding hydrogens is 306 g/mol. The number of likely N-dealkylation sites (tertiary alicyclic amines) is 1. The molecule has 6 nitrogen and oxygen atoms in total. The molecule has 2 N–H and O–H groups in total. The van der Waals surface area contributed by atoms with Gasteiger partial charge in [0.2, 0.25) is 5.91 Å². The Labute approximate surface area is 136 Å². The van der Waals surface area contributed by atoms with E-state index in [4.69, 9.17) is 4.42 Å². The van der Waals surface area contributed by atoms with Crippen LogP contribution >= 0.6 is 12.4 Å². The van der Waals surface area contributed by atoms with Crippen LogP contribution in [0.1, 0.15) is 29.0 Å². The predicted octanol–water partition coefficient (Wildman–Crippen LogP) is 0.950. The summed E-state index contributed by atoms with van der Waals surface area (Å²) in [6.45, 7) is 4.84. The third kappa shape index (κ3) is 3.44. The molecular formula is C15H22ClN3O3. The van der Waals surface area contributed by atoms with Crippen LogP contribution in [0.25, 0.3) is 0 Å². The van der Waals surface area contributed by atoms with Crippen LogP contribution in [0.4, 0.5) is 0 Å². The molecule has 122 valence electrons. The van der Waals surface area contributed by atoms with Crippen molar-refractivity contribution in [2.24, 2.45) is 5.92 Å². The van der Waals surface area contributed by atoms with Gasteiger partial charge in [-0.05, 0) is 25.8 Å². The van der Waals surface area contributed by atoms with Gasteiger partial charge in [-0.1, -0.05) is 0 Å². The van der Waals surface area contributed by atoms with Gasteiger partial charge in [0, 0.05) is 32.2 Å². The maximum absolute atomic E-state index is 12.1. The minimum atomic E-state index is -0.0887. The number of amides is 2. The lowest BCUT2D eigenvalue weighted by molar-refractivity contribution is -0.138. The van der Waals surface area contributed by atoms with Crippen LogP contribution in [-0.2, 0) is 4.79 Å². The highest BCUT2D eigenvalue weighted by atomic mass is 35.5. The second-order valence-corrected chi connectivity index (χ2v) is 5.82. The zero-order valence-electron chi connectivity index (χ0n) is 12.6. The maximum atomic E-state index is 12.1. The van der Waals surface area contributed by atoms with Crippen LogP contribution in [0.3, 0.4) is 0 Å². The van der Waals surface area contributed by atoms with Gasteiger partial charge in [-0.2, -0.15) is 0 Å². The Morgan fingerprint density at radius 1 is 1.32 bits per heavy atom. The molecule has 3 heterocycles. The molecule has 7 heteroatoms. The normalized spacial score (nSPS) is 19.2. The predicted molar refractivity (Wildman–Crippen MR) is 84.1 cm³/mol. The van der Waals surface area contributed by atoms with Gasteiger partial charge in [-0.25, -0.2) is 0 Å². The summed E-state index contributed by atoms with van der Waals surface area (Å²) in [5, 5.41) is 6.15. The molecule has 2 saturated heterocycles. The summed E-state index contributed by atoms with van der Waals surface area (Å²) in [7, 11) is 0. The molecule has 1 aromatic rings. The van der Waals surface area contributed by atoms with E-state index < -0.39 is 0 Å². The first-order valence-corrected chi connectivity index (χ1v) is 7.49. The van der Waals surface area contributed by atoms with Crippen molar-refractivity contribution in [2.45, 2.75) is 25.8 Å². The second kappa shape index (κ2) is 7.15. The lowest BCUT2D eigenvalue weighted by atomic mass is 9.98. The van der Waals surface area contributed by atoms with Crippen molar-refractivity contribution < 1.29 is 14.0 Å². The number of hydrogen-bond donors (Lipinski definition) is 2. The van der Waals surface area contributed by atoms with Gasteiger partial charge >= 0.3 is 0 Å². The Balaban J connectivity index is 0.00000176. The van der Waals surface area contributed by atoms with E-state index >= 15 is 0 Å². The Morgan fingerprint density at radius 3 is 2.50 bits per heavy atom. The van der Waals surface area contributed by atoms with Crippen LogP contribution in [-0.4, -0.2) is 48.9 Å². The minimum Gasteiger partial charge on any atom is -0.469 e. The summed E-state index contributed by atoms with van der Waals surface area (Å²) < 4.78 is 5.15. The van der Waals surface area contributed by atoms with E-state index in [-0.39, 0.29) is 36.2 Å². The third-order valence-corrected chi connectivity index (χ3v) is 4.38. The Bertz CT molecular complexity index is 534. The molecule has 3 rings (SSSR count).